The molecule has 6 nitrogen and oxygen atoms in total. The standard InChI is InChI=1S/C32H35NO5/c1-24-30(33-29-14-7-6-13-28(29)31(24)38-22-25-9-4-3-5-10-25)23-37-27-12-8-11-26(21-27)36-20-17-32(34-2)15-18-35-19-16-32/h3-14,21H,15-20,22-23H2,1-2H3. The first-order valence-corrected chi connectivity index (χ1v) is 13.2. The zero-order valence-corrected chi connectivity index (χ0v) is 22.2. The second-order valence-corrected chi connectivity index (χ2v) is 9.67. The van der Waals surface area contributed by atoms with Crippen molar-refractivity contribution in [1.82, 2.24) is 4.98 Å². The molecule has 0 aliphatic carbocycles. The number of pyridine rings is 1. The molecule has 0 atom stereocenters. The van der Waals surface area contributed by atoms with Gasteiger partial charge in [0.25, 0.3) is 0 Å². The number of hydrogen-bond donors (Lipinski definition) is 0. The van der Waals surface area contributed by atoms with E-state index in [2.05, 4.69) is 18.2 Å². The van der Waals surface area contributed by atoms with Crippen molar-refractivity contribution in [2.24, 2.45) is 0 Å². The Morgan fingerprint density at radius 3 is 2.34 bits per heavy atom. The molecule has 0 spiro atoms. The molecule has 198 valence electrons. The lowest BCUT2D eigenvalue weighted by molar-refractivity contribution is -0.0983. The van der Waals surface area contributed by atoms with Crippen molar-refractivity contribution in [3.05, 3.63) is 95.7 Å². The molecule has 38 heavy (non-hydrogen) atoms. The highest BCUT2D eigenvalue weighted by Crippen LogP contribution is 2.32. The summed E-state index contributed by atoms with van der Waals surface area (Å²) in [7, 11) is 1.78. The maximum absolute atomic E-state index is 6.33. The van der Waals surface area contributed by atoms with Gasteiger partial charge in [-0.2, -0.15) is 0 Å². The summed E-state index contributed by atoms with van der Waals surface area (Å²) in [6.07, 6.45) is 2.61. The molecule has 0 bridgehead atoms. The van der Waals surface area contributed by atoms with Gasteiger partial charge in [-0.1, -0.05) is 48.5 Å². The lowest BCUT2D eigenvalue weighted by atomic mass is 9.91. The summed E-state index contributed by atoms with van der Waals surface area (Å²) in [5.74, 6) is 2.35. The van der Waals surface area contributed by atoms with Crippen LogP contribution in [0.5, 0.6) is 17.2 Å². The zero-order valence-electron chi connectivity index (χ0n) is 22.2. The number of fused-ring (bicyclic) bond motifs is 1. The van der Waals surface area contributed by atoms with Crippen molar-refractivity contribution in [2.75, 3.05) is 26.9 Å². The van der Waals surface area contributed by atoms with Gasteiger partial charge in [-0.3, -0.25) is 0 Å². The fourth-order valence-electron chi connectivity index (χ4n) is 4.84. The SMILES string of the molecule is COC1(CCOc2cccc(OCc3nc4ccccc4c(OCc4ccccc4)c3C)c2)CCOCC1. The normalized spacial score (nSPS) is 14.8. The van der Waals surface area contributed by atoms with Crippen LogP contribution in [0.1, 0.15) is 36.1 Å². The Morgan fingerprint density at radius 2 is 1.55 bits per heavy atom. The van der Waals surface area contributed by atoms with Crippen LogP contribution in [0.4, 0.5) is 0 Å². The third-order valence-corrected chi connectivity index (χ3v) is 7.25. The minimum absolute atomic E-state index is 0.161. The van der Waals surface area contributed by atoms with Gasteiger partial charge in [0, 0.05) is 43.8 Å². The number of aromatic nitrogens is 1. The van der Waals surface area contributed by atoms with Gasteiger partial charge in [0.2, 0.25) is 0 Å². The van der Waals surface area contributed by atoms with E-state index in [1.165, 1.54) is 0 Å². The molecule has 1 aromatic heterocycles. The van der Waals surface area contributed by atoms with Crippen molar-refractivity contribution in [1.29, 1.82) is 0 Å². The highest BCUT2D eigenvalue weighted by atomic mass is 16.5. The Morgan fingerprint density at radius 1 is 0.816 bits per heavy atom. The first-order valence-electron chi connectivity index (χ1n) is 13.2. The predicted molar refractivity (Wildman–Crippen MR) is 148 cm³/mol. The number of para-hydroxylation sites is 1. The molecule has 1 aliphatic heterocycles. The van der Waals surface area contributed by atoms with Crippen LogP contribution in [-0.4, -0.2) is 37.5 Å². The number of benzene rings is 3. The monoisotopic (exact) mass is 513 g/mol. The lowest BCUT2D eigenvalue weighted by Crippen LogP contribution is -2.39. The molecule has 0 radical (unpaired) electrons. The summed E-state index contributed by atoms with van der Waals surface area (Å²) in [5.41, 5.74) is 3.67. The van der Waals surface area contributed by atoms with Gasteiger partial charge in [0.05, 0.1) is 23.4 Å². The Balaban J connectivity index is 1.26. The third kappa shape index (κ3) is 6.26. The van der Waals surface area contributed by atoms with Crippen LogP contribution in [0.15, 0.2) is 78.9 Å². The van der Waals surface area contributed by atoms with Crippen molar-refractivity contribution >= 4 is 10.9 Å². The van der Waals surface area contributed by atoms with Crippen LogP contribution >= 0.6 is 0 Å². The van der Waals surface area contributed by atoms with Crippen molar-refractivity contribution < 1.29 is 23.7 Å². The van der Waals surface area contributed by atoms with E-state index in [-0.39, 0.29) is 5.60 Å². The molecule has 3 aromatic carbocycles. The van der Waals surface area contributed by atoms with Gasteiger partial charge in [-0.15, -0.1) is 0 Å². The van der Waals surface area contributed by atoms with Crippen molar-refractivity contribution in [3.63, 3.8) is 0 Å². The molecule has 0 N–H and O–H groups in total. The van der Waals surface area contributed by atoms with Crippen molar-refractivity contribution in [2.45, 2.75) is 45.0 Å². The average Bonchev–Trinajstić information content (AvgIpc) is 2.97. The second kappa shape index (κ2) is 12.3. The quantitative estimate of drug-likeness (QED) is 0.223. The Kier molecular flexibility index (Phi) is 8.41. The van der Waals surface area contributed by atoms with Crippen LogP contribution in [0.25, 0.3) is 10.9 Å². The number of hydrogen-bond acceptors (Lipinski definition) is 6. The summed E-state index contributed by atoms with van der Waals surface area (Å²) in [4.78, 5) is 4.89. The summed E-state index contributed by atoms with van der Waals surface area (Å²) in [6.45, 7) is 4.91. The Bertz CT molecular complexity index is 1330. The number of ether oxygens (including phenoxy) is 5. The summed E-state index contributed by atoms with van der Waals surface area (Å²) >= 11 is 0. The van der Waals surface area contributed by atoms with Gasteiger partial charge in [0.1, 0.15) is 30.5 Å². The Labute approximate surface area is 224 Å². The maximum Gasteiger partial charge on any atom is 0.134 e. The fraction of sp³-hybridized carbons (Fsp3) is 0.344. The molecular formula is C32H35NO5. The first kappa shape index (κ1) is 26.0. The van der Waals surface area contributed by atoms with Crippen LogP contribution in [0.2, 0.25) is 0 Å². The fourth-order valence-corrected chi connectivity index (χ4v) is 4.84. The predicted octanol–water partition coefficient (Wildman–Crippen LogP) is 6.67. The second-order valence-electron chi connectivity index (χ2n) is 9.67. The van der Waals surface area contributed by atoms with E-state index in [4.69, 9.17) is 28.7 Å². The average molecular weight is 514 g/mol. The minimum Gasteiger partial charge on any atom is -0.493 e. The maximum atomic E-state index is 6.33. The van der Waals surface area contributed by atoms with Gasteiger partial charge < -0.3 is 23.7 Å². The van der Waals surface area contributed by atoms with E-state index in [9.17, 15) is 0 Å². The molecule has 1 fully saturated rings. The smallest absolute Gasteiger partial charge is 0.134 e. The van der Waals surface area contributed by atoms with Crippen LogP contribution in [0, 0.1) is 6.92 Å². The number of nitrogens with zero attached hydrogens (tertiary/aromatic N) is 1. The van der Waals surface area contributed by atoms with Crippen LogP contribution in [0.3, 0.4) is 0 Å². The summed E-state index contributed by atoms with van der Waals surface area (Å²) < 4.78 is 29.9. The first-order chi connectivity index (χ1) is 18.7. The van der Waals surface area contributed by atoms with E-state index in [0.29, 0.717) is 19.8 Å². The molecular weight excluding hydrogens is 478 g/mol. The molecule has 5 rings (SSSR count). The number of methoxy groups -OCH3 is 1. The molecule has 4 aromatic rings. The van der Waals surface area contributed by atoms with E-state index in [0.717, 1.165) is 77.4 Å². The lowest BCUT2D eigenvalue weighted by Gasteiger charge is -2.35. The van der Waals surface area contributed by atoms with E-state index in [1.54, 1.807) is 7.11 Å². The van der Waals surface area contributed by atoms with E-state index >= 15 is 0 Å². The van der Waals surface area contributed by atoms with Gasteiger partial charge in [0.15, 0.2) is 0 Å². The van der Waals surface area contributed by atoms with Crippen molar-refractivity contribution in [3.8, 4) is 17.2 Å². The Hall–Kier alpha value is -3.61. The molecule has 0 unspecified atom stereocenters. The highest BCUT2D eigenvalue weighted by Gasteiger charge is 2.32. The largest absolute Gasteiger partial charge is 0.493 e. The third-order valence-electron chi connectivity index (χ3n) is 7.25. The van der Waals surface area contributed by atoms with E-state index < -0.39 is 0 Å². The molecule has 2 heterocycles. The number of rotatable bonds is 11. The summed E-state index contributed by atoms with van der Waals surface area (Å²) in [5, 5.41) is 0.999. The molecule has 0 saturated carbocycles. The van der Waals surface area contributed by atoms with Crippen LogP contribution in [-0.2, 0) is 22.7 Å². The topological polar surface area (TPSA) is 59.0 Å². The molecule has 6 heteroatoms. The van der Waals surface area contributed by atoms with Gasteiger partial charge in [-0.25, -0.2) is 4.98 Å². The summed E-state index contributed by atoms with van der Waals surface area (Å²) in [6, 6.07) is 26.0. The van der Waals surface area contributed by atoms with E-state index in [1.807, 2.05) is 67.6 Å². The molecule has 1 aliphatic rings. The molecule has 0 amide bonds. The van der Waals surface area contributed by atoms with Crippen LogP contribution < -0.4 is 14.2 Å². The van der Waals surface area contributed by atoms with Gasteiger partial charge in [-0.05, 0) is 49.6 Å². The minimum atomic E-state index is -0.161. The van der Waals surface area contributed by atoms with Gasteiger partial charge >= 0.3 is 0 Å². The highest BCUT2D eigenvalue weighted by molar-refractivity contribution is 5.86. The molecule has 1 saturated heterocycles. The zero-order chi connectivity index (χ0) is 26.2.